The molecule has 9 rings (SSSR count). The second-order valence-electron chi connectivity index (χ2n) is 22.7. The van der Waals surface area contributed by atoms with Crippen LogP contribution >= 0.6 is 0 Å². The van der Waals surface area contributed by atoms with E-state index in [2.05, 4.69) is 128 Å². The van der Waals surface area contributed by atoms with Gasteiger partial charge in [0.15, 0.2) is 0 Å². The van der Waals surface area contributed by atoms with Crippen LogP contribution in [0, 0.1) is 47.3 Å². The maximum absolute atomic E-state index is 7.01. The Bertz CT molecular complexity index is 3180. The number of hydrogen-bond acceptors (Lipinski definition) is 10. The molecule has 3 aliphatic rings. The van der Waals surface area contributed by atoms with Gasteiger partial charge in [-0.1, -0.05) is 159 Å². The van der Waals surface area contributed by atoms with Crippen molar-refractivity contribution < 1.29 is 39.4 Å². The van der Waals surface area contributed by atoms with E-state index in [0.717, 1.165) is 43.8 Å². The molecule has 0 fully saturated rings. The predicted octanol–water partition coefficient (Wildman–Crippen LogP) is 12.8. The topological polar surface area (TPSA) is 139 Å². The van der Waals surface area contributed by atoms with Gasteiger partial charge in [0.2, 0.25) is 0 Å². The molecule has 1 N–H and O–H groups in total. The van der Waals surface area contributed by atoms with Crippen molar-refractivity contribution in [2.24, 2.45) is 72.3 Å². The number of rotatable bonds is 16. The number of anilines is 1. The average Bonchev–Trinajstić information content (AvgIpc) is 4.06. The van der Waals surface area contributed by atoms with Crippen molar-refractivity contribution in [3.8, 4) is 23.0 Å². The third-order valence-electron chi connectivity index (χ3n) is 14.2. The van der Waals surface area contributed by atoms with E-state index in [1.807, 2.05) is 60.7 Å². The molecule has 6 aromatic rings. The Morgan fingerprint density at radius 1 is 0.425 bits per heavy atom. The minimum atomic E-state index is -0.618. The Hall–Kier alpha value is -5.77. The first-order valence-corrected chi connectivity index (χ1v) is 26.4. The van der Waals surface area contributed by atoms with Crippen molar-refractivity contribution in [3.63, 3.8) is 0 Å². The molecule has 0 saturated heterocycles. The minimum absolute atomic E-state index is 0. The molecule has 12 nitrogen and oxygen atoms in total. The van der Waals surface area contributed by atoms with E-state index in [1.54, 1.807) is 0 Å². The number of aliphatic imine (C=N–C) groups is 3. The Morgan fingerprint density at radius 2 is 0.877 bits per heavy atom. The van der Waals surface area contributed by atoms with Crippen molar-refractivity contribution in [3.05, 3.63) is 106 Å². The molecule has 13 heteroatoms. The first kappa shape index (κ1) is 53.5. The molecule has 5 heterocycles. The summed E-state index contributed by atoms with van der Waals surface area (Å²) in [6.07, 6.45) is -0.890. The van der Waals surface area contributed by atoms with Gasteiger partial charge in [0, 0.05) is 38.9 Å². The third kappa shape index (κ3) is 10.4. The van der Waals surface area contributed by atoms with Crippen LogP contribution in [0.4, 0.5) is 11.6 Å². The van der Waals surface area contributed by atoms with E-state index in [0.29, 0.717) is 63.1 Å². The van der Waals surface area contributed by atoms with Gasteiger partial charge in [-0.25, -0.2) is 4.99 Å². The van der Waals surface area contributed by atoms with Gasteiger partial charge in [0.1, 0.15) is 53.6 Å². The van der Waals surface area contributed by atoms with E-state index in [1.165, 1.54) is 0 Å². The molecular weight excluding hydrogens is 1000 g/mol. The van der Waals surface area contributed by atoms with E-state index >= 15 is 0 Å². The van der Waals surface area contributed by atoms with Gasteiger partial charge in [-0.05, 0) is 87.9 Å². The summed E-state index contributed by atoms with van der Waals surface area (Å²) < 4.78 is 28.0. The number of ether oxygens (including phenoxy) is 4. The van der Waals surface area contributed by atoms with Gasteiger partial charge < -0.3 is 49.2 Å². The molecule has 3 aliphatic heterocycles. The summed E-state index contributed by atoms with van der Waals surface area (Å²) in [6.45, 7) is 35.1. The largest absolute Gasteiger partial charge is 2.00 e. The monoisotopic (exact) mass is 1080 g/mol. The Balaban J connectivity index is 0.00000711. The third-order valence-corrected chi connectivity index (χ3v) is 14.2. The molecule has 1 atom stereocenters. The van der Waals surface area contributed by atoms with E-state index < -0.39 is 6.17 Å². The fraction of sp³-hybridized carbons (Fsp3) is 0.483. The molecule has 4 aromatic carbocycles. The molecule has 0 spiro atoms. The van der Waals surface area contributed by atoms with Gasteiger partial charge in [-0.15, -0.1) is 0 Å². The normalized spacial score (nSPS) is 16.0. The van der Waals surface area contributed by atoms with Crippen LogP contribution in [0.2, 0.25) is 0 Å². The molecular formula is C60H74N8O4Pd. The Kier molecular flexibility index (Phi) is 15.8. The molecule has 0 saturated carbocycles. The fourth-order valence-electron chi connectivity index (χ4n) is 11.1. The van der Waals surface area contributed by atoms with Crippen LogP contribution in [-0.2, 0) is 20.4 Å². The number of hydrogen-bond donors (Lipinski definition) is 1. The molecule has 8 bridgehead atoms. The second-order valence-corrected chi connectivity index (χ2v) is 22.7. The Morgan fingerprint density at radius 3 is 1.42 bits per heavy atom. The van der Waals surface area contributed by atoms with Crippen molar-refractivity contribution in [1.82, 2.24) is 9.97 Å². The predicted molar refractivity (Wildman–Crippen MR) is 292 cm³/mol. The summed E-state index contributed by atoms with van der Waals surface area (Å²) in [5.41, 5.74) is 4.11. The maximum atomic E-state index is 7.01. The van der Waals surface area contributed by atoms with E-state index in [-0.39, 0.29) is 92.2 Å². The van der Waals surface area contributed by atoms with Gasteiger partial charge in [0.05, 0.1) is 28.6 Å². The van der Waals surface area contributed by atoms with E-state index in [9.17, 15) is 0 Å². The number of amidine groups is 3. The minimum Gasteiger partial charge on any atom is -0.489 e. The molecule has 0 amide bonds. The van der Waals surface area contributed by atoms with Crippen LogP contribution in [0.15, 0.2) is 97.8 Å². The van der Waals surface area contributed by atoms with Crippen molar-refractivity contribution >= 4 is 50.7 Å². The van der Waals surface area contributed by atoms with Crippen LogP contribution in [-0.4, -0.2) is 41.9 Å². The molecule has 2 aromatic heterocycles. The number of aromatic nitrogens is 2. The van der Waals surface area contributed by atoms with Crippen LogP contribution in [0.1, 0.15) is 139 Å². The summed E-state index contributed by atoms with van der Waals surface area (Å²) in [7, 11) is 0. The molecule has 388 valence electrons. The smallest absolute Gasteiger partial charge is 0.489 e. The van der Waals surface area contributed by atoms with Crippen LogP contribution in [0.3, 0.4) is 0 Å². The van der Waals surface area contributed by atoms with Crippen molar-refractivity contribution in [2.45, 2.75) is 141 Å². The van der Waals surface area contributed by atoms with Crippen LogP contribution in [0.25, 0.3) is 21.5 Å². The van der Waals surface area contributed by atoms with E-state index in [4.69, 9.17) is 53.9 Å². The summed E-state index contributed by atoms with van der Waals surface area (Å²) in [4.78, 5) is 37.7. The number of nitrogens with one attached hydrogen (secondary N) is 1. The summed E-state index contributed by atoms with van der Waals surface area (Å²) >= 11 is 0. The quantitative estimate of drug-likeness (QED) is 0.0952. The number of fused-ring (bicyclic) bond motifs is 18. The first-order valence-electron chi connectivity index (χ1n) is 26.4. The molecule has 73 heavy (non-hydrogen) atoms. The van der Waals surface area contributed by atoms with Gasteiger partial charge in [-0.2, -0.15) is 0 Å². The molecule has 0 aliphatic carbocycles. The zero-order valence-corrected chi connectivity index (χ0v) is 47.1. The second kappa shape index (κ2) is 21.6. The average molecular weight is 1080 g/mol. The number of benzene rings is 4. The summed E-state index contributed by atoms with van der Waals surface area (Å²) in [5.74, 6) is 7.19. The Labute approximate surface area is 445 Å². The SMILES string of the molecule is CC(C)C(Oc1cccc2c1C1=N[C@H]2Nc2[n-]c(c3cccc(OC(C(C)C)C(C)C)c23)/N=C2\N=C(N=c3[n-]c(c4cccc(OC(C(C)C)C(C)C)c34)=N1)c1cccc(OC(C(C)C)C(C)C)c12)C(C)C.[Pd+2]. The van der Waals surface area contributed by atoms with Crippen molar-refractivity contribution in [2.75, 3.05) is 5.32 Å². The zero-order chi connectivity index (χ0) is 51.4. The van der Waals surface area contributed by atoms with Crippen LogP contribution in [0.5, 0.6) is 23.0 Å². The fourth-order valence-corrected chi connectivity index (χ4v) is 11.1. The van der Waals surface area contributed by atoms with Gasteiger partial charge in [-0.3, -0.25) is 4.99 Å². The molecule has 0 unspecified atom stereocenters. The summed E-state index contributed by atoms with van der Waals surface area (Å²) in [6, 6.07) is 24.3. The first-order chi connectivity index (χ1) is 34.3. The van der Waals surface area contributed by atoms with Gasteiger partial charge in [0.25, 0.3) is 0 Å². The standard InChI is InChI=1S/C60H74N8O4.Pd/c1-29(2)49(30(3)4)69-41-25-17-21-37-45(41)57-61-53(37)66-58-47-39(23-19-27-43(47)71-51(33(9)10)34(11)12)55(63-58)68-60-48-40(24-20-28-44(48)72-52(35(13)14)36(15)16)56(64-60)67-59-46-38(54(62-59)65-57)22-18-26-42(46)70-50(31(5)6)32(7)8;/h17-36,49-53,66H,1-16H3;/q-2;+2/t53-;/m0./s1. The van der Waals surface area contributed by atoms with Crippen molar-refractivity contribution in [1.29, 1.82) is 0 Å². The molecule has 0 radical (unpaired) electrons. The number of nitrogens with zero attached hydrogens (tertiary/aromatic N) is 7. The zero-order valence-electron chi connectivity index (χ0n) is 45.5. The van der Waals surface area contributed by atoms with Gasteiger partial charge >= 0.3 is 20.4 Å². The maximum Gasteiger partial charge on any atom is 2.00 e. The van der Waals surface area contributed by atoms with Crippen LogP contribution < -0.4 is 45.2 Å². The summed E-state index contributed by atoms with van der Waals surface area (Å²) in [5, 5.41) is 6.94.